The molecule has 110 valence electrons. The van der Waals surface area contributed by atoms with Crippen molar-refractivity contribution in [1.29, 1.82) is 0 Å². The monoisotopic (exact) mass is 295 g/mol. The minimum absolute atomic E-state index is 0.0766. The second kappa shape index (κ2) is 6.83. The summed E-state index contributed by atoms with van der Waals surface area (Å²) in [6, 6.07) is 0. The Morgan fingerprint density at radius 1 is 1.32 bits per heavy atom. The molecule has 1 heterocycles. The first kappa shape index (κ1) is 15.9. The highest BCUT2D eigenvalue weighted by Gasteiger charge is 2.37. The summed E-state index contributed by atoms with van der Waals surface area (Å²) in [5.74, 6) is -1.16. The molecule has 0 aromatic heterocycles. The van der Waals surface area contributed by atoms with Crippen LogP contribution in [0.4, 0.5) is 3.89 Å². The van der Waals surface area contributed by atoms with Gasteiger partial charge in [-0.1, -0.05) is 12.8 Å². The lowest BCUT2D eigenvalue weighted by molar-refractivity contribution is -0.137. The molecule has 1 saturated heterocycles. The van der Waals surface area contributed by atoms with Gasteiger partial charge in [0, 0.05) is 25.9 Å². The molecule has 0 aromatic carbocycles. The molecule has 8 heteroatoms. The normalized spacial score (nSPS) is 19.9. The molecule has 1 aliphatic heterocycles. The number of likely N-dealkylation sites (tertiary alicyclic amines) is 1. The van der Waals surface area contributed by atoms with Crippen molar-refractivity contribution in [3.63, 3.8) is 0 Å². The maximum atomic E-state index is 12.7. The van der Waals surface area contributed by atoms with Gasteiger partial charge in [0.2, 0.25) is 5.91 Å². The van der Waals surface area contributed by atoms with Crippen LogP contribution in [-0.4, -0.2) is 48.6 Å². The van der Waals surface area contributed by atoms with Gasteiger partial charge in [-0.15, -0.1) is 3.89 Å². The molecule has 0 bridgehead atoms. The Bertz CT molecular complexity index is 436. The highest BCUT2D eigenvalue weighted by molar-refractivity contribution is 7.87. The molecule has 6 nitrogen and oxygen atoms in total. The van der Waals surface area contributed by atoms with Gasteiger partial charge in [0.15, 0.2) is 0 Å². The molecule has 1 atom stereocenters. The zero-order valence-corrected chi connectivity index (χ0v) is 11.4. The second-order valence-electron chi connectivity index (χ2n) is 4.70. The number of amides is 1. The van der Waals surface area contributed by atoms with Crippen LogP contribution < -0.4 is 0 Å². The summed E-state index contributed by atoms with van der Waals surface area (Å²) in [6.07, 6.45) is 2.63. The second-order valence-corrected chi connectivity index (χ2v) is 6.32. The maximum Gasteiger partial charge on any atom is 0.307 e. The third-order valence-corrected chi connectivity index (χ3v) is 4.26. The number of rotatable bonds is 8. The minimum Gasteiger partial charge on any atom is -0.481 e. The highest BCUT2D eigenvalue weighted by atomic mass is 32.3. The molecule has 19 heavy (non-hydrogen) atoms. The number of carbonyl (C=O) groups excluding carboxylic acids is 1. The van der Waals surface area contributed by atoms with Crippen LogP contribution in [0, 0.1) is 0 Å². The average molecular weight is 295 g/mol. The highest BCUT2D eigenvalue weighted by Crippen LogP contribution is 2.20. The zero-order valence-electron chi connectivity index (χ0n) is 10.5. The van der Waals surface area contributed by atoms with E-state index in [4.69, 9.17) is 5.11 Å². The number of hydrogen-bond acceptors (Lipinski definition) is 4. The Labute approximate surface area is 111 Å². The van der Waals surface area contributed by atoms with E-state index in [1.54, 1.807) is 0 Å². The van der Waals surface area contributed by atoms with E-state index in [0.29, 0.717) is 19.4 Å². The fraction of sp³-hybridized carbons (Fsp3) is 0.818. The number of unbranched alkanes of at least 4 members (excludes halogenated alkanes) is 3. The van der Waals surface area contributed by atoms with Crippen molar-refractivity contribution in [2.24, 2.45) is 0 Å². The van der Waals surface area contributed by atoms with Crippen LogP contribution in [0.25, 0.3) is 0 Å². The summed E-state index contributed by atoms with van der Waals surface area (Å²) in [5, 5.41) is 7.21. The molecule has 1 amide bonds. The van der Waals surface area contributed by atoms with Crippen LogP contribution in [0.3, 0.4) is 0 Å². The smallest absolute Gasteiger partial charge is 0.307 e. The van der Waals surface area contributed by atoms with Crippen molar-refractivity contribution in [2.45, 2.75) is 43.8 Å². The van der Waals surface area contributed by atoms with Gasteiger partial charge < -0.3 is 10.0 Å². The number of hydrogen-bond donors (Lipinski definition) is 1. The molecule has 0 saturated carbocycles. The van der Waals surface area contributed by atoms with Crippen LogP contribution in [0.5, 0.6) is 0 Å². The van der Waals surface area contributed by atoms with E-state index in [2.05, 4.69) is 0 Å². The summed E-state index contributed by atoms with van der Waals surface area (Å²) >= 11 is 0. The fourth-order valence-electron chi connectivity index (χ4n) is 2.07. The Morgan fingerprint density at radius 2 is 1.95 bits per heavy atom. The lowest BCUT2D eigenvalue weighted by atomic mass is 10.1. The molecule has 1 aliphatic rings. The van der Waals surface area contributed by atoms with Crippen molar-refractivity contribution in [3.8, 4) is 0 Å². The predicted octanol–water partition coefficient (Wildman–Crippen LogP) is 0.922. The first-order chi connectivity index (χ1) is 8.80. The van der Waals surface area contributed by atoms with E-state index in [0.717, 1.165) is 12.8 Å². The summed E-state index contributed by atoms with van der Waals surface area (Å²) in [7, 11) is -4.64. The molecular weight excluding hydrogens is 277 g/mol. The van der Waals surface area contributed by atoms with Crippen molar-refractivity contribution < 1.29 is 27.0 Å². The number of nitrogens with zero attached hydrogens (tertiary/aromatic N) is 1. The molecule has 0 spiro atoms. The first-order valence-corrected chi connectivity index (χ1v) is 7.68. The average Bonchev–Trinajstić information content (AvgIpc) is 2.64. The molecule has 0 aliphatic carbocycles. The molecule has 0 aromatic rings. The summed E-state index contributed by atoms with van der Waals surface area (Å²) in [5.41, 5.74) is 0. The Morgan fingerprint density at radius 3 is 2.47 bits per heavy atom. The van der Waals surface area contributed by atoms with Gasteiger partial charge in [0.1, 0.15) is 5.25 Å². The molecule has 1 rings (SSSR count). The van der Waals surface area contributed by atoms with Crippen molar-refractivity contribution in [1.82, 2.24) is 4.90 Å². The zero-order chi connectivity index (χ0) is 14.5. The van der Waals surface area contributed by atoms with Crippen LogP contribution in [0.15, 0.2) is 0 Å². The van der Waals surface area contributed by atoms with Crippen molar-refractivity contribution >= 4 is 22.1 Å². The number of halogens is 1. The number of carboxylic acid groups (broad SMARTS) is 1. The summed E-state index contributed by atoms with van der Waals surface area (Å²) in [4.78, 5) is 23.1. The number of carboxylic acids is 1. The largest absolute Gasteiger partial charge is 0.481 e. The Balaban J connectivity index is 2.20. The van der Waals surface area contributed by atoms with E-state index in [1.807, 2.05) is 0 Å². The molecule has 1 fully saturated rings. The van der Waals surface area contributed by atoms with Crippen LogP contribution >= 0.6 is 0 Å². The van der Waals surface area contributed by atoms with Gasteiger partial charge in [-0.25, -0.2) is 0 Å². The molecular formula is C11H18FNO5S. The van der Waals surface area contributed by atoms with E-state index in [9.17, 15) is 21.9 Å². The van der Waals surface area contributed by atoms with E-state index in [-0.39, 0.29) is 25.3 Å². The quantitative estimate of drug-likeness (QED) is 0.531. The summed E-state index contributed by atoms with van der Waals surface area (Å²) < 4.78 is 34.1. The minimum atomic E-state index is -4.64. The van der Waals surface area contributed by atoms with E-state index in [1.165, 1.54) is 4.90 Å². The molecule has 1 unspecified atom stereocenters. The fourth-order valence-corrected chi connectivity index (χ4v) is 2.77. The standard InChI is InChI=1S/C11H18FNO5S/c12-19(17,18)9-7-10(14)13(8-9)6-4-2-1-3-5-11(15)16/h9H,1-8H2,(H,15,16). The topological polar surface area (TPSA) is 91.8 Å². The maximum absolute atomic E-state index is 12.7. The van der Waals surface area contributed by atoms with Gasteiger partial charge >= 0.3 is 16.2 Å². The SMILES string of the molecule is O=C(O)CCCCCCN1CC(S(=O)(=O)F)CC1=O. The first-order valence-electron chi connectivity index (χ1n) is 6.23. The van der Waals surface area contributed by atoms with Gasteiger partial charge in [0.05, 0.1) is 0 Å². The Kier molecular flexibility index (Phi) is 5.71. The molecule has 0 radical (unpaired) electrons. The van der Waals surface area contributed by atoms with E-state index >= 15 is 0 Å². The van der Waals surface area contributed by atoms with Gasteiger partial charge in [-0.05, 0) is 12.8 Å². The third-order valence-electron chi connectivity index (χ3n) is 3.15. The summed E-state index contributed by atoms with van der Waals surface area (Å²) in [6.45, 7) is 0.324. The lowest BCUT2D eigenvalue weighted by Crippen LogP contribution is -2.28. The Hall–Kier alpha value is -1.18. The number of aliphatic carboxylic acids is 1. The predicted molar refractivity (Wildman–Crippen MR) is 65.7 cm³/mol. The van der Waals surface area contributed by atoms with E-state index < -0.39 is 21.4 Å². The van der Waals surface area contributed by atoms with Crippen LogP contribution in [0.2, 0.25) is 0 Å². The van der Waals surface area contributed by atoms with Gasteiger partial charge in [0.25, 0.3) is 0 Å². The lowest BCUT2D eigenvalue weighted by Gasteiger charge is -2.15. The number of carbonyl (C=O) groups is 2. The van der Waals surface area contributed by atoms with Crippen LogP contribution in [0.1, 0.15) is 38.5 Å². The van der Waals surface area contributed by atoms with Gasteiger partial charge in [-0.2, -0.15) is 8.42 Å². The van der Waals surface area contributed by atoms with Crippen LogP contribution in [-0.2, 0) is 19.8 Å². The van der Waals surface area contributed by atoms with Crippen molar-refractivity contribution in [2.75, 3.05) is 13.1 Å². The van der Waals surface area contributed by atoms with Gasteiger partial charge in [-0.3, -0.25) is 9.59 Å². The third kappa shape index (κ3) is 5.54. The van der Waals surface area contributed by atoms with Crippen molar-refractivity contribution in [3.05, 3.63) is 0 Å². The molecule has 1 N–H and O–H groups in total.